The molecule has 0 rings (SSSR count). The minimum absolute atomic E-state index is 0.189. The zero-order valence-corrected chi connectivity index (χ0v) is 6.05. The maximum atomic E-state index is 8.67. The van der Waals surface area contributed by atoms with E-state index >= 15 is 0 Å². The van der Waals surface area contributed by atoms with Gasteiger partial charge in [0.25, 0.3) is 0 Å². The van der Waals surface area contributed by atoms with Crippen LogP contribution in [0.15, 0.2) is 0 Å². The molecule has 3 heteroatoms. The standard InChI is InChI=1S/C6H15NO2/c1-7-3-6(4-8)5-9-2/h6-8H,3-5H2,1-2H3/t6-/m0/s1. The van der Waals surface area contributed by atoms with Gasteiger partial charge in [0.1, 0.15) is 0 Å². The van der Waals surface area contributed by atoms with Gasteiger partial charge in [0, 0.05) is 26.2 Å². The van der Waals surface area contributed by atoms with Gasteiger partial charge in [0.05, 0.1) is 6.61 Å². The molecular formula is C6H15NO2. The van der Waals surface area contributed by atoms with E-state index in [1.165, 1.54) is 0 Å². The fraction of sp³-hybridized carbons (Fsp3) is 1.00. The van der Waals surface area contributed by atoms with Gasteiger partial charge in [-0.05, 0) is 7.05 Å². The average Bonchev–Trinajstić information content (AvgIpc) is 1.88. The summed E-state index contributed by atoms with van der Waals surface area (Å²) in [6.07, 6.45) is 0. The summed E-state index contributed by atoms with van der Waals surface area (Å²) in [7, 11) is 3.50. The van der Waals surface area contributed by atoms with Crippen LogP contribution in [-0.2, 0) is 4.74 Å². The monoisotopic (exact) mass is 133 g/mol. The molecule has 0 fully saturated rings. The SMILES string of the molecule is CNC[C@@H](CO)COC. The Morgan fingerprint density at radius 2 is 2.33 bits per heavy atom. The summed E-state index contributed by atoms with van der Waals surface area (Å²) in [6.45, 7) is 1.62. The summed E-state index contributed by atoms with van der Waals surface area (Å²) in [5, 5.41) is 11.6. The number of hydrogen-bond acceptors (Lipinski definition) is 3. The van der Waals surface area contributed by atoms with Gasteiger partial charge >= 0.3 is 0 Å². The normalized spacial score (nSPS) is 13.7. The molecule has 0 unspecified atom stereocenters. The first-order valence-electron chi connectivity index (χ1n) is 3.09. The van der Waals surface area contributed by atoms with Crippen LogP contribution in [0.2, 0.25) is 0 Å². The van der Waals surface area contributed by atoms with Crippen LogP contribution >= 0.6 is 0 Å². The zero-order valence-electron chi connectivity index (χ0n) is 6.05. The van der Waals surface area contributed by atoms with Crippen LogP contribution in [0.5, 0.6) is 0 Å². The molecule has 0 saturated heterocycles. The second-order valence-corrected chi connectivity index (χ2v) is 2.06. The van der Waals surface area contributed by atoms with Crippen molar-refractivity contribution in [2.75, 3.05) is 33.9 Å². The van der Waals surface area contributed by atoms with Gasteiger partial charge in [-0.2, -0.15) is 0 Å². The molecule has 1 atom stereocenters. The van der Waals surface area contributed by atoms with E-state index in [1.54, 1.807) is 7.11 Å². The lowest BCUT2D eigenvalue weighted by atomic mass is 10.2. The number of rotatable bonds is 5. The van der Waals surface area contributed by atoms with Gasteiger partial charge < -0.3 is 15.2 Å². The van der Waals surface area contributed by atoms with Gasteiger partial charge in [0.15, 0.2) is 0 Å². The molecule has 0 aromatic heterocycles. The fourth-order valence-corrected chi connectivity index (χ4v) is 0.701. The highest BCUT2D eigenvalue weighted by molar-refractivity contribution is 4.56. The second-order valence-electron chi connectivity index (χ2n) is 2.06. The topological polar surface area (TPSA) is 41.5 Å². The van der Waals surface area contributed by atoms with Crippen molar-refractivity contribution < 1.29 is 9.84 Å². The molecule has 0 radical (unpaired) electrons. The molecule has 0 heterocycles. The summed E-state index contributed by atoms with van der Waals surface area (Å²) in [4.78, 5) is 0. The molecule has 0 bridgehead atoms. The largest absolute Gasteiger partial charge is 0.396 e. The third kappa shape index (κ3) is 4.39. The van der Waals surface area contributed by atoms with Crippen LogP contribution in [0.4, 0.5) is 0 Å². The van der Waals surface area contributed by atoms with Crippen molar-refractivity contribution in [3.05, 3.63) is 0 Å². The first kappa shape index (κ1) is 8.88. The van der Waals surface area contributed by atoms with Crippen molar-refractivity contribution in [1.29, 1.82) is 0 Å². The van der Waals surface area contributed by atoms with Crippen molar-refractivity contribution in [3.63, 3.8) is 0 Å². The van der Waals surface area contributed by atoms with Crippen LogP contribution in [-0.4, -0.2) is 39.0 Å². The number of aliphatic hydroxyl groups is 1. The van der Waals surface area contributed by atoms with Crippen LogP contribution in [0, 0.1) is 5.92 Å². The molecule has 3 nitrogen and oxygen atoms in total. The Labute approximate surface area is 56.0 Å². The summed E-state index contributed by atoms with van der Waals surface area (Å²) < 4.78 is 4.85. The van der Waals surface area contributed by atoms with Crippen molar-refractivity contribution in [2.24, 2.45) is 5.92 Å². The van der Waals surface area contributed by atoms with E-state index in [0.29, 0.717) is 6.61 Å². The van der Waals surface area contributed by atoms with E-state index in [-0.39, 0.29) is 12.5 Å². The van der Waals surface area contributed by atoms with Gasteiger partial charge in [-0.15, -0.1) is 0 Å². The molecule has 0 aliphatic rings. The van der Waals surface area contributed by atoms with Crippen molar-refractivity contribution in [3.8, 4) is 0 Å². The lowest BCUT2D eigenvalue weighted by Gasteiger charge is -2.10. The van der Waals surface area contributed by atoms with E-state index in [0.717, 1.165) is 6.54 Å². The van der Waals surface area contributed by atoms with Gasteiger partial charge in [-0.1, -0.05) is 0 Å². The molecule has 0 spiro atoms. The van der Waals surface area contributed by atoms with E-state index < -0.39 is 0 Å². The first-order valence-corrected chi connectivity index (χ1v) is 3.09. The highest BCUT2D eigenvalue weighted by atomic mass is 16.5. The molecule has 56 valence electrons. The van der Waals surface area contributed by atoms with Crippen molar-refractivity contribution in [1.82, 2.24) is 5.32 Å². The lowest BCUT2D eigenvalue weighted by Crippen LogP contribution is -2.25. The molecular weight excluding hydrogens is 118 g/mol. The van der Waals surface area contributed by atoms with Gasteiger partial charge in [-0.3, -0.25) is 0 Å². The van der Waals surface area contributed by atoms with Crippen molar-refractivity contribution in [2.45, 2.75) is 0 Å². The Bertz CT molecular complexity index is 53.0. The fourth-order valence-electron chi connectivity index (χ4n) is 0.701. The quantitative estimate of drug-likeness (QED) is 0.529. The average molecular weight is 133 g/mol. The van der Waals surface area contributed by atoms with Gasteiger partial charge in [-0.25, -0.2) is 0 Å². The highest BCUT2D eigenvalue weighted by Gasteiger charge is 2.03. The van der Waals surface area contributed by atoms with E-state index in [4.69, 9.17) is 9.84 Å². The molecule has 0 aromatic carbocycles. The molecule has 0 amide bonds. The van der Waals surface area contributed by atoms with Crippen LogP contribution in [0.3, 0.4) is 0 Å². The molecule has 0 saturated carbocycles. The van der Waals surface area contributed by atoms with E-state index in [9.17, 15) is 0 Å². The minimum atomic E-state index is 0.189. The first-order chi connectivity index (χ1) is 4.35. The third-order valence-corrected chi connectivity index (χ3v) is 1.15. The van der Waals surface area contributed by atoms with Crippen LogP contribution in [0.25, 0.3) is 0 Å². The van der Waals surface area contributed by atoms with Crippen LogP contribution < -0.4 is 5.32 Å². The van der Waals surface area contributed by atoms with E-state index in [2.05, 4.69) is 5.32 Å². The number of aliphatic hydroxyl groups excluding tert-OH is 1. The summed E-state index contributed by atoms with van der Waals surface area (Å²) in [6, 6.07) is 0. The Hall–Kier alpha value is -0.120. The summed E-state index contributed by atoms with van der Waals surface area (Å²) >= 11 is 0. The van der Waals surface area contributed by atoms with E-state index in [1.807, 2.05) is 7.05 Å². The van der Waals surface area contributed by atoms with Crippen molar-refractivity contribution >= 4 is 0 Å². The third-order valence-electron chi connectivity index (χ3n) is 1.15. The number of ether oxygens (including phenoxy) is 1. The Kier molecular flexibility index (Phi) is 5.93. The Morgan fingerprint density at radius 3 is 2.67 bits per heavy atom. The Balaban J connectivity index is 3.18. The lowest BCUT2D eigenvalue weighted by molar-refractivity contribution is 0.110. The molecule has 9 heavy (non-hydrogen) atoms. The van der Waals surface area contributed by atoms with Crippen LogP contribution in [0.1, 0.15) is 0 Å². The minimum Gasteiger partial charge on any atom is -0.396 e. The summed E-state index contributed by atoms with van der Waals surface area (Å²) in [5.74, 6) is 0.236. The molecule has 0 aliphatic heterocycles. The number of hydrogen-bond donors (Lipinski definition) is 2. The smallest absolute Gasteiger partial charge is 0.0524 e. The predicted molar refractivity (Wildman–Crippen MR) is 36.4 cm³/mol. The maximum absolute atomic E-state index is 8.67. The zero-order chi connectivity index (χ0) is 7.11. The Morgan fingerprint density at radius 1 is 1.67 bits per heavy atom. The maximum Gasteiger partial charge on any atom is 0.0524 e. The second kappa shape index (κ2) is 6.01. The highest BCUT2D eigenvalue weighted by Crippen LogP contribution is 1.91. The molecule has 0 aromatic rings. The van der Waals surface area contributed by atoms with Gasteiger partial charge in [0.2, 0.25) is 0 Å². The predicted octanol–water partition coefficient (Wildman–Crippen LogP) is -0.539. The molecule has 2 N–H and O–H groups in total. The summed E-state index contributed by atoms with van der Waals surface area (Å²) in [5.41, 5.74) is 0. The number of nitrogens with one attached hydrogen (secondary N) is 1. The molecule has 0 aliphatic carbocycles. The number of methoxy groups -OCH3 is 1.